The molecule has 0 unspecified atom stereocenters. The van der Waals surface area contributed by atoms with Crippen LogP contribution < -0.4 is 5.32 Å². The summed E-state index contributed by atoms with van der Waals surface area (Å²) in [5.74, 6) is 0.194. The molecule has 0 spiro atoms. The fourth-order valence-electron chi connectivity index (χ4n) is 3.09. The number of thioether (sulfide) groups is 1. The number of benzene rings is 2. The molecule has 0 saturated carbocycles. The van der Waals surface area contributed by atoms with Gasteiger partial charge in [-0.3, -0.25) is 9.59 Å². The van der Waals surface area contributed by atoms with Crippen LogP contribution in [0, 0.1) is 5.82 Å². The van der Waals surface area contributed by atoms with Crippen LogP contribution in [0.4, 0.5) is 4.39 Å². The number of carbonyl (C=O) groups is 2. The van der Waals surface area contributed by atoms with Gasteiger partial charge in [0, 0.05) is 23.4 Å². The van der Waals surface area contributed by atoms with E-state index in [1.54, 1.807) is 17.0 Å². The van der Waals surface area contributed by atoms with Crippen molar-refractivity contribution in [2.24, 2.45) is 0 Å². The van der Waals surface area contributed by atoms with Crippen molar-refractivity contribution in [1.29, 1.82) is 0 Å². The third-order valence-electron chi connectivity index (χ3n) is 5.09. The predicted octanol–water partition coefficient (Wildman–Crippen LogP) is 5.43. The zero-order valence-electron chi connectivity index (χ0n) is 18.2. The first kappa shape index (κ1) is 25.2. The van der Waals surface area contributed by atoms with Gasteiger partial charge in [0.05, 0.1) is 5.75 Å². The molecule has 7 heteroatoms. The van der Waals surface area contributed by atoms with Crippen LogP contribution in [0.15, 0.2) is 48.5 Å². The minimum Gasteiger partial charge on any atom is -0.352 e. The number of nitrogens with zero attached hydrogens (tertiary/aromatic N) is 1. The van der Waals surface area contributed by atoms with Gasteiger partial charge in [-0.15, -0.1) is 11.8 Å². The van der Waals surface area contributed by atoms with Crippen LogP contribution in [-0.4, -0.2) is 34.6 Å². The summed E-state index contributed by atoms with van der Waals surface area (Å²) in [6, 6.07) is 13.0. The smallest absolute Gasteiger partial charge is 0.243 e. The zero-order chi connectivity index (χ0) is 22.8. The van der Waals surface area contributed by atoms with E-state index in [2.05, 4.69) is 5.32 Å². The second-order valence-corrected chi connectivity index (χ2v) is 8.87. The Morgan fingerprint density at radius 2 is 1.77 bits per heavy atom. The molecular weight excluding hydrogens is 435 g/mol. The summed E-state index contributed by atoms with van der Waals surface area (Å²) in [7, 11) is 0. The van der Waals surface area contributed by atoms with Crippen LogP contribution in [0.1, 0.15) is 44.7 Å². The molecule has 2 atom stereocenters. The summed E-state index contributed by atoms with van der Waals surface area (Å²) in [5.41, 5.74) is 1.74. The van der Waals surface area contributed by atoms with Gasteiger partial charge in [0.25, 0.3) is 0 Å². The van der Waals surface area contributed by atoms with Crippen LogP contribution in [0.3, 0.4) is 0 Å². The topological polar surface area (TPSA) is 49.4 Å². The standard InChI is InChI=1S/C24H30ClFN2O2S/c1-4-17(3)27-24(30)22(5-2)28(14-18-10-12-20(26)13-11-18)23(29)16-31-15-19-8-6-7-9-21(19)25/h6-13,17,22H,4-5,14-16H2,1-3H3,(H,27,30)/t17-,22+/m0/s1. The van der Waals surface area contributed by atoms with E-state index < -0.39 is 6.04 Å². The lowest BCUT2D eigenvalue weighted by atomic mass is 10.1. The average Bonchev–Trinajstić information content (AvgIpc) is 2.76. The highest BCUT2D eigenvalue weighted by Gasteiger charge is 2.29. The van der Waals surface area contributed by atoms with Gasteiger partial charge in [0.2, 0.25) is 11.8 Å². The summed E-state index contributed by atoms with van der Waals surface area (Å²) in [6.45, 7) is 6.08. The Labute approximate surface area is 193 Å². The van der Waals surface area contributed by atoms with E-state index in [1.165, 1.54) is 23.9 Å². The fourth-order valence-corrected chi connectivity index (χ4v) is 4.29. The molecule has 0 aliphatic rings. The molecule has 0 radical (unpaired) electrons. The van der Waals surface area contributed by atoms with Crippen LogP contribution >= 0.6 is 23.4 Å². The lowest BCUT2D eigenvalue weighted by Gasteiger charge is -2.31. The Morgan fingerprint density at radius 3 is 2.39 bits per heavy atom. The lowest BCUT2D eigenvalue weighted by molar-refractivity contribution is -0.139. The third kappa shape index (κ3) is 7.86. The van der Waals surface area contributed by atoms with Crippen molar-refractivity contribution < 1.29 is 14.0 Å². The van der Waals surface area contributed by atoms with Gasteiger partial charge in [-0.05, 0) is 49.1 Å². The van der Waals surface area contributed by atoms with E-state index in [0.29, 0.717) is 17.2 Å². The van der Waals surface area contributed by atoms with Gasteiger partial charge in [0.1, 0.15) is 11.9 Å². The van der Waals surface area contributed by atoms with E-state index in [0.717, 1.165) is 17.5 Å². The summed E-state index contributed by atoms with van der Waals surface area (Å²) < 4.78 is 13.3. The number of nitrogens with one attached hydrogen (secondary N) is 1. The van der Waals surface area contributed by atoms with Crippen molar-refractivity contribution in [3.8, 4) is 0 Å². The monoisotopic (exact) mass is 464 g/mol. The summed E-state index contributed by atoms with van der Waals surface area (Å²) >= 11 is 7.67. The molecule has 0 aromatic heterocycles. The number of hydrogen-bond donors (Lipinski definition) is 1. The number of amides is 2. The first-order valence-electron chi connectivity index (χ1n) is 10.5. The highest BCUT2D eigenvalue weighted by atomic mass is 35.5. The fraction of sp³-hybridized carbons (Fsp3) is 0.417. The zero-order valence-corrected chi connectivity index (χ0v) is 19.8. The molecule has 4 nitrogen and oxygen atoms in total. The molecule has 0 heterocycles. The maximum absolute atomic E-state index is 13.3. The molecule has 0 aliphatic heterocycles. The Balaban J connectivity index is 2.14. The quantitative estimate of drug-likeness (QED) is 0.482. The molecule has 31 heavy (non-hydrogen) atoms. The van der Waals surface area contributed by atoms with Crippen LogP contribution in [0.5, 0.6) is 0 Å². The molecule has 0 saturated heterocycles. The first-order valence-corrected chi connectivity index (χ1v) is 12.0. The minimum absolute atomic E-state index is 0.0268. The highest BCUT2D eigenvalue weighted by Crippen LogP contribution is 2.22. The molecule has 0 fully saturated rings. The Morgan fingerprint density at radius 1 is 1.10 bits per heavy atom. The van der Waals surface area contributed by atoms with Crippen molar-refractivity contribution >= 4 is 35.2 Å². The number of hydrogen-bond acceptors (Lipinski definition) is 3. The number of rotatable bonds is 11. The van der Waals surface area contributed by atoms with Crippen molar-refractivity contribution in [3.05, 3.63) is 70.5 Å². The molecule has 2 aromatic rings. The van der Waals surface area contributed by atoms with Crippen molar-refractivity contribution in [3.63, 3.8) is 0 Å². The lowest BCUT2D eigenvalue weighted by Crippen LogP contribution is -2.51. The maximum Gasteiger partial charge on any atom is 0.243 e. The molecule has 2 rings (SSSR count). The molecule has 0 bridgehead atoms. The molecule has 1 N–H and O–H groups in total. The Hall–Kier alpha value is -2.05. The van der Waals surface area contributed by atoms with E-state index in [9.17, 15) is 14.0 Å². The van der Waals surface area contributed by atoms with Gasteiger partial charge in [-0.2, -0.15) is 0 Å². The van der Waals surface area contributed by atoms with E-state index in [1.807, 2.05) is 45.0 Å². The van der Waals surface area contributed by atoms with Gasteiger partial charge in [0.15, 0.2) is 0 Å². The SMILES string of the molecule is CC[C@H](C(=O)N[C@@H](C)CC)N(Cc1ccc(F)cc1)C(=O)CSCc1ccccc1Cl. The maximum atomic E-state index is 13.3. The predicted molar refractivity (Wildman–Crippen MR) is 127 cm³/mol. The van der Waals surface area contributed by atoms with E-state index in [-0.39, 0.29) is 36.0 Å². The summed E-state index contributed by atoms with van der Waals surface area (Å²) in [4.78, 5) is 27.7. The highest BCUT2D eigenvalue weighted by molar-refractivity contribution is 7.99. The van der Waals surface area contributed by atoms with Crippen LogP contribution in [-0.2, 0) is 21.9 Å². The largest absolute Gasteiger partial charge is 0.352 e. The van der Waals surface area contributed by atoms with E-state index >= 15 is 0 Å². The second-order valence-electron chi connectivity index (χ2n) is 7.47. The molecule has 168 valence electrons. The normalized spacial score (nSPS) is 12.8. The number of halogens is 2. The van der Waals surface area contributed by atoms with Crippen LogP contribution in [0.25, 0.3) is 0 Å². The molecular formula is C24H30ClFN2O2S. The average molecular weight is 465 g/mol. The third-order valence-corrected chi connectivity index (χ3v) is 6.43. The molecule has 0 aliphatic carbocycles. The Kier molecular flexibility index (Phi) is 10.3. The van der Waals surface area contributed by atoms with Crippen molar-refractivity contribution in [2.45, 2.75) is 58.0 Å². The van der Waals surface area contributed by atoms with Crippen molar-refractivity contribution in [1.82, 2.24) is 10.2 Å². The molecule has 2 amide bonds. The van der Waals surface area contributed by atoms with Gasteiger partial charge in [-0.25, -0.2) is 4.39 Å². The Bertz CT molecular complexity index is 863. The number of carbonyl (C=O) groups excluding carboxylic acids is 2. The van der Waals surface area contributed by atoms with Gasteiger partial charge in [-0.1, -0.05) is 55.8 Å². The first-order chi connectivity index (χ1) is 14.8. The van der Waals surface area contributed by atoms with Crippen molar-refractivity contribution in [2.75, 3.05) is 5.75 Å². The molecule has 2 aromatic carbocycles. The minimum atomic E-state index is -0.590. The van der Waals surface area contributed by atoms with Gasteiger partial charge >= 0.3 is 0 Å². The van der Waals surface area contributed by atoms with Crippen LogP contribution in [0.2, 0.25) is 5.02 Å². The summed E-state index contributed by atoms with van der Waals surface area (Å²) in [6.07, 6.45) is 1.30. The van der Waals surface area contributed by atoms with Gasteiger partial charge < -0.3 is 10.2 Å². The second kappa shape index (κ2) is 12.7. The van der Waals surface area contributed by atoms with E-state index in [4.69, 9.17) is 11.6 Å². The summed E-state index contributed by atoms with van der Waals surface area (Å²) in [5, 5.41) is 3.65.